The van der Waals surface area contributed by atoms with Gasteiger partial charge in [-0.1, -0.05) is 11.6 Å². The predicted octanol–water partition coefficient (Wildman–Crippen LogP) is 4.57. The Kier molecular flexibility index (Phi) is 6.24. The van der Waals surface area contributed by atoms with Gasteiger partial charge in [-0.05, 0) is 74.1 Å². The van der Waals surface area contributed by atoms with Gasteiger partial charge in [0.05, 0.1) is 5.56 Å². The molecular formula is C24H23ClFN3O2. The molecule has 0 aromatic heterocycles. The lowest BCUT2D eigenvalue weighted by molar-refractivity contribution is -0.123. The first-order valence-electron chi connectivity index (χ1n) is 10.6. The molecule has 0 atom stereocenters. The third-order valence-electron chi connectivity index (χ3n) is 6.14. The fourth-order valence-electron chi connectivity index (χ4n) is 4.43. The second kappa shape index (κ2) is 9.07. The Balaban J connectivity index is 1.44. The first kappa shape index (κ1) is 21.3. The third kappa shape index (κ3) is 4.42. The molecular weight excluding hydrogens is 417 g/mol. The summed E-state index contributed by atoms with van der Waals surface area (Å²) < 4.78 is 13.6. The molecule has 0 aliphatic carbocycles. The van der Waals surface area contributed by atoms with Crippen LogP contribution in [-0.4, -0.2) is 36.3 Å². The number of hydrogen-bond acceptors (Lipinski definition) is 3. The van der Waals surface area contributed by atoms with Crippen LogP contribution in [0.3, 0.4) is 0 Å². The number of anilines is 1. The molecule has 7 heteroatoms. The number of amides is 2. The van der Waals surface area contributed by atoms with E-state index in [4.69, 9.17) is 16.9 Å². The Morgan fingerprint density at radius 1 is 1.06 bits per heavy atom. The fourth-order valence-corrected chi connectivity index (χ4v) is 4.62. The highest BCUT2D eigenvalue weighted by molar-refractivity contribution is 6.30. The number of hydrogen-bond donors (Lipinski definition) is 0. The van der Waals surface area contributed by atoms with Gasteiger partial charge in [0.1, 0.15) is 11.9 Å². The minimum Gasteiger partial charge on any atom is -0.339 e. The van der Waals surface area contributed by atoms with Crippen LogP contribution >= 0.6 is 11.6 Å². The van der Waals surface area contributed by atoms with Crippen molar-refractivity contribution in [3.8, 4) is 6.07 Å². The van der Waals surface area contributed by atoms with Crippen molar-refractivity contribution in [1.29, 1.82) is 5.26 Å². The minimum absolute atomic E-state index is 0.103. The number of rotatable bonds is 2. The number of fused-ring (bicyclic) bond motifs is 1. The highest BCUT2D eigenvalue weighted by Crippen LogP contribution is 2.32. The van der Waals surface area contributed by atoms with Crippen molar-refractivity contribution in [2.45, 2.75) is 32.1 Å². The maximum atomic E-state index is 13.6. The summed E-state index contributed by atoms with van der Waals surface area (Å²) in [6.45, 7) is 1.60. The van der Waals surface area contributed by atoms with Gasteiger partial charge in [0, 0.05) is 41.8 Å². The lowest BCUT2D eigenvalue weighted by Crippen LogP contribution is -2.44. The highest BCUT2D eigenvalue weighted by atomic mass is 35.5. The molecule has 1 fully saturated rings. The number of carbonyl (C=O) groups excluding carboxylic acids is 2. The topological polar surface area (TPSA) is 64.4 Å². The van der Waals surface area contributed by atoms with Crippen LogP contribution in [0.1, 0.15) is 47.2 Å². The molecule has 1 saturated heterocycles. The zero-order valence-electron chi connectivity index (χ0n) is 17.1. The third-order valence-corrected chi connectivity index (χ3v) is 6.38. The molecule has 4 rings (SSSR count). The number of likely N-dealkylation sites (tertiary alicyclic amines) is 1. The van der Waals surface area contributed by atoms with Gasteiger partial charge in [0.2, 0.25) is 5.91 Å². The molecule has 2 heterocycles. The van der Waals surface area contributed by atoms with Crippen molar-refractivity contribution in [2.75, 3.05) is 24.5 Å². The second-order valence-corrected chi connectivity index (χ2v) is 8.53. The number of benzene rings is 2. The average Bonchev–Trinajstić information content (AvgIpc) is 3.00. The van der Waals surface area contributed by atoms with Crippen LogP contribution in [0.5, 0.6) is 0 Å². The van der Waals surface area contributed by atoms with Gasteiger partial charge in [0.25, 0.3) is 5.91 Å². The molecule has 0 radical (unpaired) electrons. The van der Waals surface area contributed by atoms with Crippen LogP contribution in [0.25, 0.3) is 0 Å². The zero-order chi connectivity index (χ0) is 22.0. The second-order valence-electron chi connectivity index (χ2n) is 8.09. The standard InChI is InChI=1S/C24H23ClFN3O2/c25-20-5-7-22-17(14-20)3-1-2-10-29(22)24(31)16-8-11-28(12-9-16)23(30)18-4-6-21(26)19(13-18)15-27/h4-7,13-14,16H,1-3,8-12H2. The summed E-state index contributed by atoms with van der Waals surface area (Å²) in [5, 5.41) is 9.68. The van der Waals surface area contributed by atoms with Crippen molar-refractivity contribution in [3.05, 3.63) is 63.9 Å². The van der Waals surface area contributed by atoms with Crippen LogP contribution in [0.15, 0.2) is 36.4 Å². The van der Waals surface area contributed by atoms with Crippen molar-refractivity contribution >= 4 is 29.1 Å². The average molecular weight is 440 g/mol. The largest absolute Gasteiger partial charge is 0.339 e. The van der Waals surface area contributed by atoms with Crippen LogP contribution in [-0.2, 0) is 11.2 Å². The maximum absolute atomic E-state index is 13.6. The van der Waals surface area contributed by atoms with E-state index in [1.54, 1.807) is 11.0 Å². The van der Waals surface area contributed by atoms with Gasteiger partial charge in [0.15, 0.2) is 0 Å². The number of aryl methyl sites for hydroxylation is 1. The number of halogens is 2. The molecule has 0 N–H and O–H groups in total. The monoisotopic (exact) mass is 439 g/mol. The first-order chi connectivity index (χ1) is 15.0. The summed E-state index contributed by atoms with van der Waals surface area (Å²) in [4.78, 5) is 29.7. The quantitative estimate of drug-likeness (QED) is 0.688. The zero-order valence-corrected chi connectivity index (χ0v) is 17.9. The molecule has 2 aromatic carbocycles. The fraction of sp³-hybridized carbons (Fsp3) is 0.375. The lowest BCUT2D eigenvalue weighted by atomic mass is 9.94. The van der Waals surface area contributed by atoms with Crippen molar-refractivity contribution in [1.82, 2.24) is 4.90 Å². The Bertz CT molecular complexity index is 1060. The van der Waals surface area contributed by atoms with Gasteiger partial charge in [-0.15, -0.1) is 0 Å². The first-order valence-corrected chi connectivity index (χ1v) is 10.9. The van der Waals surface area contributed by atoms with E-state index in [2.05, 4.69) is 0 Å². The van der Waals surface area contributed by atoms with Gasteiger partial charge in [-0.3, -0.25) is 9.59 Å². The smallest absolute Gasteiger partial charge is 0.253 e. The summed E-state index contributed by atoms with van der Waals surface area (Å²) in [5.74, 6) is -0.917. The molecule has 0 unspecified atom stereocenters. The van der Waals surface area contributed by atoms with Crippen LogP contribution in [0.4, 0.5) is 10.1 Å². The molecule has 2 aliphatic heterocycles. The molecule has 31 heavy (non-hydrogen) atoms. The highest BCUT2D eigenvalue weighted by Gasteiger charge is 2.32. The lowest BCUT2D eigenvalue weighted by Gasteiger charge is -2.34. The van der Waals surface area contributed by atoms with Crippen molar-refractivity contribution in [2.24, 2.45) is 5.92 Å². The Morgan fingerprint density at radius 3 is 2.58 bits per heavy atom. The van der Waals surface area contributed by atoms with E-state index in [-0.39, 0.29) is 23.3 Å². The van der Waals surface area contributed by atoms with Crippen molar-refractivity contribution in [3.63, 3.8) is 0 Å². The van der Waals surface area contributed by atoms with E-state index in [1.807, 2.05) is 23.1 Å². The molecule has 2 amide bonds. The van der Waals surface area contributed by atoms with Gasteiger partial charge in [-0.2, -0.15) is 5.26 Å². The van der Waals surface area contributed by atoms with E-state index in [0.717, 1.165) is 36.6 Å². The molecule has 5 nitrogen and oxygen atoms in total. The molecule has 0 spiro atoms. The minimum atomic E-state index is -0.637. The predicted molar refractivity (Wildman–Crippen MR) is 116 cm³/mol. The van der Waals surface area contributed by atoms with Gasteiger partial charge in [-0.25, -0.2) is 4.39 Å². The number of nitriles is 1. The molecule has 2 aliphatic rings. The van der Waals surface area contributed by atoms with E-state index in [9.17, 15) is 14.0 Å². The van der Waals surface area contributed by atoms with E-state index in [1.165, 1.54) is 12.1 Å². The van der Waals surface area contributed by atoms with E-state index < -0.39 is 5.82 Å². The molecule has 0 saturated carbocycles. The van der Waals surface area contributed by atoms with Crippen LogP contribution in [0, 0.1) is 23.1 Å². The summed E-state index contributed by atoms with van der Waals surface area (Å²) in [6, 6.07) is 11.3. The summed E-state index contributed by atoms with van der Waals surface area (Å²) in [5.41, 5.74) is 2.20. The normalized spacial score (nSPS) is 16.9. The van der Waals surface area contributed by atoms with Crippen molar-refractivity contribution < 1.29 is 14.0 Å². The summed E-state index contributed by atoms with van der Waals surface area (Å²) in [7, 11) is 0. The van der Waals surface area contributed by atoms with E-state index >= 15 is 0 Å². The van der Waals surface area contributed by atoms with Crippen LogP contribution in [0.2, 0.25) is 5.02 Å². The van der Waals surface area contributed by atoms with E-state index in [0.29, 0.717) is 43.1 Å². The summed E-state index contributed by atoms with van der Waals surface area (Å²) >= 11 is 6.15. The Labute approximate surface area is 186 Å². The number of nitrogens with zero attached hydrogens (tertiary/aromatic N) is 3. The number of carbonyl (C=O) groups is 2. The van der Waals surface area contributed by atoms with Crippen LogP contribution < -0.4 is 4.90 Å². The Hall–Kier alpha value is -2.91. The summed E-state index contributed by atoms with van der Waals surface area (Å²) in [6.07, 6.45) is 4.04. The molecule has 0 bridgehead atoms. The van der Waals surface area contributed by atoms with Gasteiger partial charge >= 0.3 is 0 Å². The molecule has 2 aromatic rings. The SMILES string of the molecule is N#Cc1cc(C(=O)N2CCC(C(=O)N3CCCCc4cc(Cl)ccc43)CC2)ccc1F. The Morgan fingerprint density at radius 2 is 1.84 bits per heavy atom. The maximum Gasteiger partial charge on any atom is 0.253 e. The molecule has 160 valence electrons. The van der Waals surface area contributed by atoms with Gasteiger partial charge < -0.3 is 9.80 Å². The number of piperidine rings is 1.